The van der Waals surface area contributed by atoms with E-state index in [1.54, 1.807) is 11.0 Å². The summed E-state index contributed by atoms with van der Waals surface area (Å²) in [5, 5.41) is 10.2. The minimum atomic E-state index is -1.14. The Morgan fingerprint density at radius 2 is 2.15 bits per heavy atom. The molecule has 0 aromatic heterocycles. The summed E-state index contributed by atoms with van der Waals surface area (Å²) in [4.78, 5) is 11.7. The number of aliphatic carboxylic acids is 1. The Kier molecular flexibility index (Phi) is 10.4. The van der Waals surface area contributed by atoms with Crippen LogP contribution in [0, 0.1) is 0 Å². The standard InChI is InChI=1S/C7H15N3O2.Na/c1-2-3-10(4-6(8)9)5-7(11)12;/h2,6H,1,3-5,8-9H2,(H,11,12);/q;+1/p-1. The smallest absolute Gasteiger partial charge is 0.549 e. The van der Waals surface area contributed by atoms with E-state index in [0.717, 1.165) is 0 Å². The van der Waals surface area contributed by atoms with Gasteiger partial charge in [0.15, 0.2) is 0 Å². The van der Waals surface area contributed by atoms with Crippen LogP contribution in [-0.4, -0.2) is 36.7 Å². The third-order valence-corrected chi connectivity index (χ3v) is 1.21. The van der Waals surface area contributed by atoms with E-state index < -0.39 is 12.1 Å². The van der Waals surface area contributed by atoms with Gasteiger partial charge in [0, 0.05) is 19.6 Å². The Balaban J connectivity index is 0. The van der Waals surface area contributed by atoms with Crippen LogP contribution in [0.1, 0.15) is 0 Å². The molecule has 5 nitrogen and oxygen atoms in total. The van der Waals surface area contributed by atoms with Crippen LogP contribution in [0.15, 0.2) is 12.7 Å². The molecule has 0 aliphatic rings. The average molecular weight is 195 g/mol. The summed E-state index contributed by atoms with van der Waals surface area (Å²) in [5.74, 6) is -1.14. The first-order chi connectivity index (χ1) is 5.56. The predicted molar refractivity (Wildman–Crippen MR) is 43.8 cm³/mol. The number of rotatable bonds is 6. The van der Waals surface area contributed by atoms with Crippen LogP contribution >= 0.6 is 0 Å². The van der Waals surface area contributed by atoms with Crippen LogP contribution in [0.4, 0.5) is 0 Å². The fourth-order valence-corrected chi connectivity index (χ4v) is 0.867. The van der Waals surface area contributed by atoms with Crippen molar-refractivity contribution in [2.75, 3.05) is 19.6 Å². The van der Waals surface area contributed by atoms with Crippen LogP contribution < -0.4 is 46.1 Å². The Hall–Kier alpha value is 0.0900. The molecule has 0 atom stereocenters. The van der Waals surface area contributed by atoms with Crippen molar-refractivity contribution in [1.29, 1.82) is 0 Å². The van der Waals surface area contributed by atoms with Crippen molar-refractivity contribution in [1.82, 2.24) is 4.90 Å². The summed E-state index contributed by atoms with van der Waals surface area (Å²) < 4.78 is 0. The van der Waals surface area contributed by atoms with Crippen molar-refractivity contribution in [3.63, 3.8) is 0 Å². The van der Waals surface area contributed by atoms with Gasteiger partial charge in [0.2, 0.25) is 0 Å². The number of carboxylic acids is 1. The van der Waals surface area contributed by atoms with Gasteiger partial charge >= 0.3 is 29.6 Å². The molecule has 0 bridgehead atoms. The summed E-state index contributed by atoms with van der Waals surface area (Å²) in [7, 11) is 0. The molecule has 13 heavy (non-hydrogen) atoms. The van der Waals surface area contributed by atoms with Gasteiger partial charge in [-0.05, 0) is 0 Å². The molecule has 6 heteroatoms. The van der Waals surface area contributed by atoms with E-state index in [2.05, 4.69) is 6.58 Å². The second-order valence-corrected chi connectivity index (χ2v) is 2.52. The van der Waals surface area contributed by atoms with Crippen LogP contribution in [-0.2, 0) is 4.79 Å². The van der Waals surface area contributed by atoms with Crippen molar-refractivity contribution < 1.29 is 39.5 Å². The molecule has 0 spiro atoms. The second-order valence-electron chi connectivity index (χ2n) is 2.52. The van der Waals surface area contributed by atoms with Crippen LogP contribution in [0.3, 0.4) is 0 Å². The molecule has 4 N–H and O–H groups in total. The van der Waals surface area contributed by atoms with Crippen molar-refractivity contribution in [2.24, 2.45) is 11.5 Å². The summed E-state index contributed by atoms with van der Waals surface area (Å²) in [6.07, 6.45) is 1.05. The molecule has 0 amide bonds. The van der Waals surface area contributed by atoms with Crippen molar-refractivity contribution >= 4 is 5.97 Å². The number of hydrogen-bond acceptors (Lipinski definition) is 5. The molecular weight excluding hydrogens is 181 g/mol. The van der Waals surface area contributed by atoms with Crippen LogP contribution in [0.25, 0.3) is 0 Å². The number of hydrogen-bond donors (Lipinski definition) is 2. The Bertz CT molecular complexity index is 164. The largest absolute Gasteiger partial charge is 1.00 e. The zero-order chi connectivity index (χ0) is 9.56. The summed E-state index contributed by atoms with van der Waals surface area (Å²) in [6, 6.07) is 0. The fourth-order valence-electron chi connectivity index (χ4n) is 0.867. The Morgan fingerprint density at radius 3 is 2.46 bits per heavy atom. The Morgan fingerprint density at radius 1 is 1.62 bits per heavy atom. The molecule has 0 radical (unpaired) electrons. The van der Waals surface area contributed by atoms with Gasteiger partial charge in [0.25, 0.3) is 0 Å². The molecule has 0 heterocycles. The third kappa shape index (κ3) is 10.0. The normalized spacial score (nSPS) is 9.85. The van der Waals surface area contributed by atoms with E-state index in [0.29, 0.717) is 13.1 Å². The molecule has 0 unspecified atom stereocenters. The molecule has 0 aliphatic heterocycles. The second kappa shape index (κ2) is 8.68. The molecule has 0 aromatic rings. The van der Waals surface area contributed by atoms with E-state index in [1.807, 2.05) is 0 Å². The van der Waals surface area contributed by atoms with E-state index in [-0.39, 0.29) is 36.1 Å². The number of nitrogens with two attached hydrogens (primary N) is 2. The van der Waals surface area contributed by atoms with Gasteiger partial charge in [-0.1, -0.05) is 6.08 Å². The van der Waals surface area contributed by atoms with Gasteiger partial charge in [-0.15, -0.1) is 6.58 Å². The fraction of sp³-hybridized carbons (Fsp3) is 0.571. The maximum absolute atomic E-state index is 10.2. The van der Waals surface area contributed by atoms with Gasteiger partial charge in [0.1, 0.15) is 0 Å². The van der Waals surface area contributed by atoms with Gasteiger partial charge in [-0.3, -0.25) is 4.90 Å². The molecule has 0 aliphatic carbocycles. The molecule has 0 saturated heterocycles. The molecule has 0 rings (SSSR count). The number of carbonyl (C=O) groups excluding carboxylic acids is 1. The summed E-state index contributed by atoms with van der Waals surface area (Å²) in [5.41, 5.74) is 10.6. The van der Waals surface area contributed by atoms with Gasteiger partial charge in [-0.2, -0.15) is 0 Å². The van der Waals surface area contributed by atoms with Crippen LogP contribution in [0.5, 0.6) is 0 Å². The minimum absolute atomic E-state index is 0. The SMILES string of the molecule is C=CCN(CC(=O)[O-])CC(N)N.[Na+]. The topological polar surface area (TPSA) is 95.4 Å². The number of nitrogens with zero attached hydrogens (tertiary/aromatic N) is 1. The van der Waals surface area contributed by atoms with Crippen LogP contribution in [0.2, 0.25) is 0 Å². The van der Waals surface area contributed by atoms with Crippen molar-refractivity contribution in [3.8, 4) is 0 Å². The first-order valence-electron chi connectivity index (χ1n) is 3.60. The monoisotopic (exact) mass is 195 g/mol. The third-order valence-electron chi connectivity index (χ3n) is 1.21. The maximum Gasteiger partial charge on any atom is 1.00 e. The van der Waals surface area contributed by atoms with Gasteiger partial charge < -0.3 is 21.4 Å². The minimum Gasteiger partial charge on any atom is -0.549 e. The Labute approximate surface area is 100 Å². The quantitative estimate of drug-likeness (QED) is 0.250. The van der Waals surface area contributed by atoms with E-state index in [1.165, 1.54) is 0 Å². The summed E-state index contributed by atoms with van der Waals surface area (Å²) >= 11 is 0. The maximum atomic E-state index is 10.2. The molecular formula is C7H14N3NaO2. The first kappa shape index (κ1) is 15.6. The van der Waals surface area contributed by atoms with E-state index in [4.69, 9.17) is 11.5 Å². The molecule has 0 saturated carbocycles. The molecule has 0 aromatic carbocycles. The summed E-state index contributed by atoms with van der Waals surface area (Å²) in [6.45, 7) is 4.07. The molecule has 0 fully saturated rings. The van der Waals surface area contributed by atoms with Crippen molar-refractivity contribution in [2.45, 2.75) is 6.17 Å². The molecule has 70 valence electrons. The van der Waals surface area contributed by atoms with E-state index >= 15 is 0 Å². The number of carbonyl (C=O) groups is 1. The van der Waals surface area contributed by atoms with Gasteiger partial charge in [-0.25, -0.2) is 0 Å². The zero-order valence-electron chi connectivity index (χ0n) is 7.90. The first-order valence-corrected chi connectivity index (χ1v) is 3.60. The predicted octanol–water partition coefficient (Wildman–Crippen LogP) is -5.53. The number of carboxylic acid groups (broad SMARTS) is 1. The van der Waals surface area contributed by atoms with Crippen molar-refractivity contribution in [3.05, 3.63) is 12.7 Å². The van der Waals surface area contributed by atoms with E-state index in [9.17, 15) is 9.90 Å². The zero-order valence-corrected chi connectivity index (χ0v) is 9.90. The average Bonchev–Trinajstić information content (AvgIpc) is 1.84. The van der Waals surface area contributed by atoms with Gasteiger partial charge in [0.05, 0.1) is 12.1 Å².